The Kier molecular flexibility index (Phi) is 1.69. The summed E-state index contributed by atoms with van der Waals surface area (Å²) in [6, 6.07) is 0.541. The zero-order chi connectivity index (χ0) is 6.97. The standard InChI is InChI=1S/C9H17N/c10-9-3-1-2-8(6-9)7-4-5-7/h7-9H,1-6,10H2/t8-,9+/m0/s1. The first kappa shape index (κ1) is 6.66. The summed E-state index contributed by atoms with van der Waals surface area (Å²) >= 11 is 0. The fourth-order valence-corrected chi connectivity index (χ4v) is 2.26. The molecule has 0 bridgehead atoms. The molecule has 2 fully saturated rings. The first-order valence-electron chi connectivity index (χ1n) is 4.62. The molecule has 0 spiro atoms. The molecule has 0 heterocycles. The van der Waals surface area contributed by atoms with Crippen LogP contribution in [0.25, 0.3) is 0 Å². The predicted octanol–water partition coefficient (Wildman–Crippen LogP) is 1.91. The summed E-state index contributed by atoms with van der Waals surface area (Å²) in [5.74, 6) is 2.11. The lowest BCUT2D eigenvalue weighted by Crippen LogP contribution is -2.28. The second-order valence-corrected chi connectivity index (χ2v) is 4.02. The lowest BCUT2D eigenvalue weighted by molar-refractivity contribution is 0.292. The minimum absolute atomic E-state index is 0.541. The van der Waals surface area contributed by atoms with E-state index in [1.54, 1.807) is 0 Å². The van der Waals surface area contributed by atoms with Gasteiger partial charge in [-0.25, -0.2) is 0 Å². The van der Waals surface area contributed by atoms with Gasteiger partial charge in [0, 0.05) is 6.04 Å². The van der Waals surface area contributed by atoms with Gasteiger partial charge < -0.3 is 5.73 Å². The van der Waals surface area contributed by atoms with Crippen molar-refractivity contribution in [1.82, 2.24) is 0 Å². The molecule has 0 aromatic rings. The SMILES string of the molecule is N[C@@H]1CCC[C@H](C2CC2)C1. The van der Waals surface area contributed by atoms with Crippen LogP contribution in [0.1, 0.15) is 38.5 Å². The maximum absolute atomic E-state index is 5.89. The Hall–Kier alpha value is -0.0400. The smallest absolute Gasteiger partial charge is 0.00415 e. The van der Waals surface area contributed by atoms with E-state index < -0.39 is 0 Å². The second-order valence-electron chi connectivity index (χ2n) is 4.02. The number of nitrogens with two attached hydrogens (primary N) is 1. The highest BCUT2D eigenvalue weighted by Gasteiger charge is 2.33. The molecule has 0 amide bonds. The number of hydrogen-bond acceptors (Lipinski definition) is 1. The Balaban J connectivity index is 1.84. The predicted molar refractivity (Wildman–Crippen MR) is 42.7 cm³/mol. The second kappa shape index (κ2) is 2.54. The first-order valence-corrected chi connectivity index (χ1v) is 4.62. The van der Waals surface area contributed by atoms with Crippen LogP contribution in [0.5, 0.6) is 0 Å². The maximum atomic E-state index is 5.89. The highest BCUT2D eigenvalue weighted by atomic mass is 14.6. The van der Waals surface area contributed by atoms with E-state index in [1.165, 1.54) is 38.5 Å². The molecule has 2 aliphatic rings. The Morgan fingerprint density at radius 3 is 2.30 bits per heavy atom. The van der Waals surface area contributed by atoms with E-state index in [-0.39, 0.29) is 0 Å². The third-order valence-electron chi connectivity index (χ3n) is 3.04. The van der Waals surface area contributed by atoms with Gasteiger partial charge in [-0.15, -0.1) is 0 Å². The van der Waals surface area contributed by atoms with Crippen molar-refractivity contribution in [2.24, 2.45) is 17.6 Å². The molecular formula is C9H17N. The fourth-order valence-electron chi connectivity index (χ4n) is 2.26. The van der Waals surface area contributed by atoms with Crippen LogP contribution < -0.4 is 5.73 Å². The van der Waals surface area contributed by atoms with E-state index in [0.29, 0.717) is 6.04 Å². The van der Waals surface area contributed by atoms with Gasteiger partial charge in [-0.1, -0.05) is 12.8 Å². The van der Waals surface area contributed by atoms with Crippen LogP contribution in [-0.2, 0) is 0 Å². The number of rotatable bonds is 1. The molecule has 0 radical (unpaired) electrons. The van der Waals surface area contributed by atoms with Crippen LogP contribution in [0, 0.1) is 11.8 Å². The van der Waals surface area contributed by atoms with Crippen molar-refractivity contribution in [3.8, 4) is 0 Å². The summed E-state index contributed by atoms with van der Waals surface area (Å²) < 4.78 is 0. The molecule has 1 heteroatoms. The summed E-state index contributed by atoms with van der Waals surface area (Å²) in [6.45, 7) is 0. The average molecular weight is 139 g/mol. The van der Waals surface area contributed by atoms with Crippen molar-refractivity contribution in [2.45, 2.75) is 44.6 Å². The summed E-state index contributed by atoms with van der Waals surface area (Å²) in [5.41, 5.74) is 5.89. The minimum Gasteiger partial charge on any atom is -0.328 e. The van der Waals surface area contributed by atoms with E-state index in [0.717, 1.165) is 11.8 Å². The van der Waals surface area contributed by atoms with Gasteiger partial charge in [0.25, 0.3) is 0 Å². The van der Waals surface area contributed by atoms with Crippen molar-refractivity contribution < 1.29 is 0 Å². The molecule has 0 unspecified atom stereocenters. The molecule has 2 saturated carbocycles. The van der Waals surface area contributed by atoms with Crippen molar-refractivity contribution in [3.05, 3.63) is 0 Å². The van der Waals surface area contributed by atoms with Crippen molar-refractivity contribution in [1.29, 1.82) is 0 Å². The minimum atomic E-state index is 0.541. The highest BCUT2D eigenvalue weighted by Crippen LogP contribution is 2.43. The van der Waals surface area contributed by atoms with Crippen LogP contribution in [0.15, 0.2) is 0 Å². The van der Waals surface area contributed by atoms with Gasteiger partial charge in [-0.2, -0.15) is 0 Å². The molecule has 58 valence electrons. The molecule has 2 aliphatic carbocycles. The summed E-state index contributed by atoms with van der Waals surface area (Å²) in [5, 5.41) is 0. The molecule has 2 N–H and O–H groups in total. The molecule has 0 saturated heterocycles. The van der Waals surface area contributed by atoms with Crippen molar-refractivity contribution in [2.75, 3.05) is 0 Å². The van der Waals surface area contributed by atoms with Gasteiger partial charge in [-0.05, 0) is 37.5 Å². The highest BCUT2D eigenvalue weighted by molar-refractivity contribution is 4.86. The lowest BCUT2D eigenvalue weighted by Gasteiger charge is -2.26. The van der Waals surface area contributed by atoms with E-state index in [1.807, 2.05) is 0 Å². The van der Waals surface area contributed by atoms with Gasteiger partial charge >= 0.3 is 0 Å². The van der Waals surface area contributed by atoms with Crippen molar-refractivity contribution >= 4 is 0 Å². The van der Waals surface area contributed by atoms with Crippen LogP contribution in [0.4, 0.5) is 0 Å². The third-order valence-corrected chi connectivity index (χ3v) is 3.04. The fraction of sp³-hybridized carbons (Fsp3) is 1.00. The molecule has 2 rings (SSSR count). The zero-order valence-electron chi connectivity index (χ0n) is 6.55. The van der Waals surface area contributed by atoms with Gasteiger partial charge in [0.2, 0.25) is 0 Å². The quantitative estimate of drug-likeness (QED) is 0.590. The van der Waals surface area contributed by atoms with E-state index in [9.17, 15) is 0 Å². The van der Waals surface area contributed by atoms with Crippen LogP contribution in [0.2, 0.25) is 0 Å². The molecule has 0 aromatic carbocycles. The molecule has 2 atom stereocenters. The molecule has 0 aromatic heterocycles. The first-order chi connectivity index (χ1) is 4.86. The largest absolute Gasteiger partial charge is 0.328 e. The zero-order valence-corrected chi connectivity index (χ0v) is 6.55. The maximum Gasteiger partial charge on any atom is 0.00415 e. The van der Waals surface area contributed by atoms with Gasteiger partial charge in [0.1, 0.15) is 0 Å². The van der Waals surface area contributed by atoms with Gasteiger partial charge in [0.15, 0.2) is 0 Å². The molecule has 0 aliphatic heterocycles. The molecule has 1 nitrogen and oxygen atoms in total. The molecular weight excluding hydrogens is 122 g/mol. The topological polar surface area (TPSA) is 26.0 Å². The van der Waals surface area contributed by atoms with Crippen LogP contribution >= 0.6 is 0 Å². The average Bonchev–Trinajstić information content (AvgIpc) is 2.68. The third kappa shape index (κ3) is 1.34. The lowest BCUT2D eigenvalue weighted by atomic mass is 9.83. The van der Waals surface area contributed by atoms with Crippen LogP contribution in [-0.4, -0.2) is 6.04 Å². The van der Waals surface area contributed by atoms with E-state index >= 15 is 0 Å². The monoisotopic (exact) mass is 139 g/mol. The summed E-state index contributed by atoms with van der Waals surface area (Å²) in [4.78, 5) is 0. The summed E-state index contributed by atoms with van der Waals surface area (Å²) in [7, 11) is 0. The van der Waals surface area contributed by atoms with E-state index in [4.69, 9.17) is 5.73 Å². The van der Waals surface area contributed by atoms with E-state index in [2.05, 4.69) is 0 Å². The Bertz CT molecular complexity index is 118. The Morgan fingerprint density at radius 1 is 0.900 bits per heavy atom. The Morgan fingerprint density at radius 2 is 1.70 bits per heavy atom. The normalized spacial score (nSPS) is 41.7. The number of hydrogen-bond donors (Lipinski definition) is 1. The van der Waals surface area contributed by atoms with Gasteiger partial charge in [-0.3, -0.25) is 0 Å². The Labute approximate surface area is 63.0 Å². The molecule has 10 heavy (non-hydrogen) atoms. The summed E-state index contributed by atoms with van der Waals surface area (Å²) in [6.07, 6.45) is 8.46. The van der Waals surface area contributed by atoms with Crippen molar-refractivity contribution in [3.63, 3.8) is 0 Å². The van der Waals surface area contributed by atoms with Gasteiger partial charge in [0.05, 0.1) is 0 Å². The van der Waals surface area contributed by atoms with Crippen LogP contribution in [0.3, 0.4) is 0 Å².